The van der Waals surface area contributed by atoms with Gasteiger partial charge in [-0.25, -0.2) is 4.98 Å². The molecule has 2 aromatic rings. The predicted molar refractivity (Wildman–Crippen MR) is 87.5 cm³/mol. The average Bonchev–Trinajstić information content (AvgIpc) is 2.43. The Morgan fingerprint density at radius 2 is 2.14 bits per heavy atom. The Balaban J connectivity index is 2.43. The summed E-state index contributed by atoms with van der Waals surface area (Å²) in [6, 6.07) is 8.11. The van der Waals surface area contributed by atoms with Crippen LogP contribution in [0.5, 0.6) is 0 Å². The zero-order chi connectivity index (χ0) is 15.4. The molecule has 1 heterocycles. The number of hydrogen-bond donors (Lipinski definition) is 2. The zero-order valence-corrected chi connectivity index (χ0v) is 13.4. The van der Waals surface area contributed by atoms with Gasteiger partial charge in [-0.2, -0.15) is 0 Å². The quantitative estimate of drug-likeness (QED) is 0.594. The maximum atomic E-state index is 11.1. The predicted octanol–water partition coefficient (Wildman–Crippen LogP) is 4.58. The summed E-state index contributed by atoms with van der Waals surface area (Å²) in [4.78, 5) is 14.8. The molecular weight excluding hydrogens is 360 g/mol. The first kappa shape index (κ1) is 15.5. The molecule has 0 fully saturated rings. The molecule has 8 heteroatoms. The number of rotatable bonds is 5. The van der Waals surface area contributed by atoms with E-state index < -0.39 is 4.92 Å². The van der Waals surface area contributed by atoms with Crippen LogP contribution in [0.15, 0.2) is 34.8 Å². The topological polar surface area (TPSA) is 80.1 Å². The van der Waals surface area contributed by atoms with Gasteiger partial charge in [0.25, 0.3) is 0 Å². The molecule has 0 unspecified atom stereocenters. The molecule has 6 nitrogen and oxygen atoms in total. The second kappa shape index (κ2) is 6.73. The summed E-state index contributed by atoms with van der Waals surface area (Å²) in [5.74, 6) is 0.713. The molecule has 0 saturated carbocycles. The van der Waals surface area contributed by atoms with Gasteiger partial charge in [0.15, 0.2) is 0 Å². The Labute approximate surface area is 134 Å². The van der Waals surface area contributed by atoms with Gasteiger partial charge in [-0.1, -0.05) is 11.6 Å². The molecule has 21 heavy (non-hydrogen) atoms. The number of nitrogens with one attached hydrogen (secondary N) is 2. The minimum absolute atomic E-state index is 0.108. The van der Waals surface area contributed by atoms with E-state index in [4.69, 9.17) is 11.6 Å². The van der Waals surface area contributed by atoms with Crippen LogP contribution in [-0.2, 0) is 0 Å². The van der Waals surface area contributed by atoms with Crippen molar-refractivity contribution in [3.63, 3.8) is 0 Å². The maximum absolute atomic E-state index is 11.1. The number of nitrogens with zero attached hydrogens (tertiary/aromatic N) is 2. The van der Waals surface area contributed by atoms with E-state index in [0.29, 0.717) is 23.1 Å². The first-order valence-electron chi connectivity index (χ1n) is 6.12. The van der Waals surface area contributed by atoms with Crippen LogP contribution in [0.1, 0.15) is 6.92 Å². The van der Waals surface area contributed by atoms with Crippen LogP contribution in [0.3, 0.4) is 0 Å². The van der Waals surface area contributed by atoms with Gasteiger partial charge in [-0.3, -0.25) is 10.1 Å². The van der Waals surface area contributed by atoms with Crippen LogP contribution in [0.4, 0.5) is 23.0 Å². The summed E-state index contributed by atoms with van der Waals surface area (Å²) in [5, 5.41) is 17.6. The largest absolute Gasteiger partial charge is 0.370 e. The van der Waals surface area contributed by atoms with Crippen LogP contribution in [0, 0.1) is 10.1 Å². The van der Waals surface area contributed by atoms with Gasteiger partial charge in [-0.15, -0.1) is 0 Å². The Bertz CT molecular complexity index is 681. The van der Waals surface area contributed by atoms with E-state index in [2.05, 4.69) is 31.5 Å². The van der Waals surface area contributed by atoms with Crippen molar-refractivity contribution in [2.75, 3.05) is 17.2 Å². The van der Waals surface area contributed by atoms with Crippen molar-refractivity contribution in [3.05, 3.63) is 49.9 Å². The molecule has 2 N–H and O–H groups in total. The molecule has 0 atom stereocenters. The van der Waals surface area contributed by atoms with E-state index in [1.54, 1.807) is 24.3 Å². The molecule has 2 rings (SSSR count). The van der Waals surface area contributed by atoms with Gasteiger partial charge >= 0.3 is 5.69 Å². The lowest BCUT2D eigenvalue weighted by Gasteiger charge is -2.10. The number of benzene rings is 1. The van der Waals surface area contributed by atoms with E-state index in [1.807, 2.05) is 6.92 Å². The fourth-order valence-corrected chi connectivity index (χ4v) is 2.21. The third-order valence-electron chi connectivity index (χ3n) is 2.61. The second-order valence-corrected chi connectivity index (χ2v) is 5.39. The summed E-state index contributed by atoms with van der Waals surface area (Å²) in [5.41, 5.74) is 0.496. The smallest absolute Gasteiger partial charge is 0.311 e. The summed E-state index contributed by atoms with van der Waals surface area (Å²) >= 11 is 9.30. The Kier molecular flexibility index (Phi) is 4.98. The number of aromatic nitrogens is 1. The molecular formula is C13H12BrClN4O2. The monoisotopic (exact) mass is 370 g/mol. The number of nitro groups is 1. The number of halogens is 2. The second-order valence-electron chi connectivity index (χ2n) is 4.10. The van der Waals surface area contributed by atoms with Gasteiger partial charge in [0, 0.05) is 22.1 Å². The summed E-state index contributed by atoms with van der Waals surface area (Å²) in [7, 11) is 0. The fraction of sp³-hybridized carbons (Fsp3) is 0.154. The zero-order valence-electron chi connectivity index (χ0n) is 11.1. The van der Waals surface area contributed by atoms with Crippen LogP contribution in [-0.4, -0.2) is 16.5 Å². The number of anilines is 3. The SMILES string of the molecule is CCNc1ccc([N+](=O)[O-])c(Nc2cc(Cl)ccc2Br)n1. The highest BCUT2D eigenvalue weighted by Crippen LogP contribution is 2.32. The summed E-state index contributed by atoms with van der Waals surface area (Å²) in [6.45, 7) is 2.59. The first-order valence-corrected chi connectivity index (χ1v) is 7.29. The van der Waals surface area contributed by atoms with Gasteiger partial charge < -0.3 is 10.6 Å². The van der Waals surface area contributed by atoms with Crippen LogP contribution < -0.4 is 10.6 Å². The minimum atomic E-state index is -0.483. The van der Waals surface area contributed by atoms with Gasteiger partial charge in [0.1, 0.15) is 5.82 Å². The molecule has 0 saturated heterocycles. The molecule has 0 amide bonds. The third kappa shape index (κ3) is 3.83. The van der Waals surface area contributed by atoms with E-state index >= 15 is 0 Å². The number of hydrogen-bond acceptors (Lipinski definition) is 5. The Hall–Kier alpha value is -1.86. The van der Waals surface area contributed by atoms with Crippen molar-refractivity contribution in [1.29, 1.82) is 0 Å². The molecule has 1 aromatic heterocycles. The van der Waals surface area contributed by atoms with Crippen molar-refractivity contribution in [2.24, 2.45) is 0 Å². The lowest BCUT2D eigenvalue weighted by atomic mass is 10.3. The Morgan fingerprint density at radius 1 is 1.38 bits per heavy atom. The standard InChI is InChI=1S/C13H12BrClN4O2/c1-2-16-12-6-5-11(19(20)21)13(18-12)17-10-7-8(15)3-4-9(10)14/h3-7H,2H2,1H3,(H2,16,17,18). The first-order chi connectivity index (χ1) is 10.0. The lowest BCUT2D eigenvalue weighted by molar-refractivity contribution is -0.384. The van der Waals surface area contributed by atoms with Crippen LogP contribution >= 0.6 is 27.5 Å². The van der Waals surface area contributed by atoms with E-state index in [0.717, 1.165) is 4.47 Å². The van der Waals surface area contributed by atoms with E-state index in [-0.39, 0.29) is 11.5 Å². The Morgan fingerprint density at radius 3 is 2.81 bits per heavy atom. The van der Waals surface area contributed by atoms with Gasteiger partial charge in [-0.05, 0) is 47.1 Å². The fourth-order valence-electron chi connectivity index (χ4n) is 1.69. The van der Waals surface area contributed by atoms with Gasteiger partial charge in [0.2, 0.25) is 5.82 Å². The van der Waals surface area contributed by atoms with E-state index in [1.165, 1.54) is 6.07 Å². The highest BCUT2D eigenvalue weighted by Gasteiger charge is 2.17. The van der Waals surface area contributed by atoms with Crippen molar-refractivity contribution < 1.29 is 4.92 Å². The van der Waals surface area contributed by atoms with Crippen molar-refractivity contribution >= 4 is 50.5 Å². The van der Waals surface area contributed by atoms with Crippen molar-refractivity contribution in [1.82, 2.24) is 4.98 Å². The normalized spacial score (nSPS) is 10.2. The summed E-state index contributed by atoms with van der Waals surface area (Å²) < 4.78 is 0.733. The molecule has 110 valence electrons. The van der Waals surface area contributed by atoms with Crippen LogP contribution in [0.2, 0.25) is 5.02 Å². The number of pyridine rings is 1. The molecule has 0 aliphatic carbocycles. The highest BCUT2D eigenvalue weighted by molar-refractivity contribution is 9.10. The molecule has 0 radical (unpaired) electrons. The molecule has 1 aromatic carbocycles. The van der Waals surface area contributed by atoms with E-state index in [9.17, 15) is 10.1 Å². The summed E-state index contributed by atoms with van der Waals surface area (Å²) in [6.07, 6.45) is 0. The maximum Gasteiger partial charge on any atom is 0.311 e. The molecule has 0 aliphatic heterocycles. The van der Waals surface area contributed by atoms with Gasteiger partial charge in [0.05, 0.1) is 10.6 Å². The van der Waals surface area contributed by atoms with Crippen molar-refractivity contribution in [2.45, 2.75) is 6.92 Å². The molecule has 0 bridgehead atoms. The minimum Gasteiger partial charge on any atom is -0.370 e. The molecule has 0 aliphatic rings. The molecule has 0 spiro atoms. The lowest BCUT2D eigenvalue weighted by Crippen LogP contribution is -2.04. The third-order valence-corrected chi connectivity index (χ3v) is 3.54. The van der Waals surface area contributed by atoms with Crippen LogP contribution in [0.25, 0.3) is 0 Å². The van der Waals surface area contributed by atoms with Crippen molar-refractivity contribution in [3.8, 4) is 0 Å². The highest BCUT2D eigenvalue weighted by atomic mass is 79.9. The average molecular weight is 372 g/mol.